The molecule has 0 saturated heterocycles. The fraction of sp³-hybridized carbons (Fsp3) is 0.0952. The molecule has 3 aromatic rings. The summed E-state index contributed by atoms with van der Waals surface area (Å²) in [6, 6.07) is 25.2. The minimum Gasteiger partial charge on any atom is -0.322 e. The molecule has 0 heterocycles. The Bertz CT molecular complexity index is 813. The molecular formula is C21H18ClNO. The van der Waals surface area contributed by atoms with E-state index in [1.807, 2.05) is 42.5 Å². The Balaban J connectivity index is 1.73. The Hall–Kier alpha value is -2.58. The smallest absolute Gasteiger partial charge is 0.255 e. The number of nitrogens with one attached hydrogen (secondary N) is 1. The van der Waals surface area contributed by atoms with E-state index in [0.29, 0.717) is 10.6 Å². The molecule has 3 rings (SSSR count). The summed E-state index contributed by atoms with van der Waals surface area (Å²) in [4.78, 5) is 12.6. The minimum absolute atomic E-state index is 0.0963. The molecular weight excluding hydrogens is 318 g/mol. The van der Waals surface area contributed by atoms with Crippen molar-refractivity contribution in [3.63, 3.8) is 0 Å². The highest BCUT2D eigenvalue weighted by molar-refractivity contribution is 6.30. The second-order valence-electron chi connectivity index (χ2n) is 5.60. The summed E-state index contributed by atoms with van der Waals surface area (Å²) in [5.74, 6) is -0.0963. The highest BCUT2D eigenvalue weighted by Crippen LogP contribution is 2.17. The molecule has 24 heavy (non-hydrogen) atoms. The second kappa shape index (κ2) is 7.80. The van der Waals surface area contributed by atoms with Crippen molar-refractivity contribution < 1.29 is 4.79 Å². The van der Waals surface area contributed by atoms with Gasteiger partial charge in [-0.2, -0.15) is 0 Å². The molecule has 0 spiro atoms. The summed E-state index contributed by atoms with van der Waals surface area (Å²) in [6.45, 7) is 0. The highest BCUT2D eigenvalue weighted by Gasteiger charge is 2.11. The van der Waals surface area contributed by atoms with E-state index in [4.69, 9.17) is 11.6 Å². The van der Waals surface area contributed by atoms with Gasteiger partial charge in [0.05, 0.1) is 0 Å². The van der Waals surface area contributed by atoms with E-state index in [-0.39, 0.29) is 5.91 Å². The third kappa shape index (κ3) is 4.24. The Morgan fingerprint density at radius 3 is 2.21 bits per heavy atom. The summed E-state index contributed by atoms with van der Waals surface area (Å²) in [5, 5.41) is 3.58. The van der Waals surface area contributed by atoms with Crippen molar-refractivity contribution in [3.05, 3.63) is 101 Å². The van der Waals surface area contributed by atoms with Gasteiger partial charge in [0.1, 0.15) is 0 Å². The molecule has 0 fully saturated rings. The van der Waals surface area contributed by atoms with Gasteiger partial charge in [0.15, 0.2) is 0 Å². The topological polar surface area (TPSA) is 29.1 Å². The van der Waals surface area contributed by atoms with Gasteiger partial charge in [-0.1, -0.05) is 60.1 Å². The number of hydrogen-bond acceptors (Lipinski definition) is 1. The fourth-order valence-corrected chi connectivity index (χ4v) is 2.74. The van der Waals surface area contributed by atoms with Gasteiger partial charge in [0, 0.05) is 16.3 Å². The third-order valence-electron chi connectivity index (χ3n) is 3.89. The van der Waals surface area contributed by atoms with Gasteiger partial charge in [-0.3, -0.25) is 4.79 Å². The van der Waals surface area contributed by atoms with Gasteiger partial charge in [-0.05, 0) is 54.3 Å². The Morgan fingerprint density at radius 2 is 1.46 bits per heavy atom. The molecule has 2 nitrogen and oxygen atoms in total. The van der Waals surface area contributed by atoms with Crippen molar-refractivity contribution in [1.82, 2.24) is 0 Å². The highest BCUT2D eigenvalue weighted by atomic mass is 35.5. The van der Waals surface area contributed by atoms with Crippen LogP contribution in [-0.4, -0.2) is 5.91 Å². The van der Waals surface area contributed by atoms with Crippen molar-refractivity contribution in [2.75, 3.05) is 5.32 Å². The zero-order chi connectivity index (χ0) is 16.8. The van der Waals surface area contributed by atoms with Crippen LogP contribution in [0.25, 0.3) is 0 Å². The predicted molar refractivity (Wildman–Crippen MR) is 99.7 cm³/mol. The first kappa shape index (κ1) is 16.3. The number of amides is 1. The van der Waals surface area contributed by atoms with Crippen LogP contribution in [0.3, 0.4) is 0 Å². The lowest BCUT2D eigenvalue weighted by molar-refractivity contribution is 0.102. The predicted octanol–water partition coefficient (Wildman–Crippen LogP) is 5.38. The zero-order valence-electron chi connectivity index (χ0n) is 13.2. The Morgan fingerprint density at radius 1 is 0.792 bits per heavy atom. The number of carbonyl (C=O) groups is 1. The standard InChI is InChI=1S/C21H18ClNO/c22-18-12-14-19(15-13-18)23-21(24)20-9-5-4-8-17(20)11-10-16-6-2-1-3-7-16/h1-9,12-15H,10-11H2,(H,23,24). The summed E-state index contributed by atoms with van der Waals surface area (Å²) >= 11 is 5.88. The normalized spacial score (nSPS) is 10.4. The van der Waals surface area contributed by atoms with Crippen LogP contribution in [0.4, 0.5) is 5.69 Å². The minimum atomic E-state index is -0.0963. The van der Waals surface area contributed by atoms with Crippen LogP contribution in [0.15, 0.2) is 78.9 Å². The largest absolute Gasteiger partial charge is 0.322 e. The van der Waals surface area contributed by atoms with Gasteiger partial charge >= 0.3 is 0 Å². The first-order valence-corrected chi connectivity index (χ1v) is 8.29. The van der Waals surface area contributed by atoms with Crippen LogP contribution in [0.1, 0.15) is 21.5 Å². The number of rotatable bonds is 5. The molecule has 3 heteroatoms. The average molecular weight is 336 g/mol. The molecule has 0 radical (unpaired) electrons. The quantitative estimate of drug-likeness (QED) is 0.666. The van der Waals surface area contributed by atoms with Crippen molar-refractivity contribution >= 4 is 23.2 Å². The average Bonchev–Trinajstić information content (AvgIpc) is 2.63. The van der Waals surface area contributed by atoms with Crippen molar-refractivity contribution in [3.8, 4) is 0 Å². The summed E-state index contributed by atoms with van der Waals surface area (Å²) in [5.41, 5.74) is 3.77. The molecule has 0 aromatic heterocycles. The first-order valence-electron chi connectivity index (χ1n) is 7.91. The van der Waals surface area contributed by atoms with E-state index in [1.165, 1.54) is 5.56 Å². The molecule has 0 saturated carbocycles. The number of hydrogen-bond donors (Lipinski definition) is 1. The van der Waals surface area contributed by atoms with Gasteiger partial charge in [-0.15, -0.1) is 0 Å². The maximum absolute atomic E-state index is 12.6. The monoisotopic (exact) mass is 335 g/mol. The van der Waals surface area contributed by atoms with E-state index >= 15 is 0 Å². The van der Waals surface area contributed by atoms with Crippen molar-refractivity contribution in [1.29, 1.82) is 0 Å². The Kier molecular flexibility index (Phi) is 5.29. The molecule has 0 unspecified atom stereocenters. The number of halogens is 1. The Labute approximate surface area is 147 Å². The van der Waals surface area contributed by atoms with Crippen molar-refractivity contribution in [2.24, 2.45) is 0 Å². The van der Waals surface area contributed by atoms with E-state index in [2.05, 4.69) is 17.4 Å². The van der Waals surface area contributed by atoms with Crippen LogP contribution >= 0.6 is 11.6 Å². The van der Waals surface area contributed by atoms with Crippen LogP contribution < -0.4 is 5.32 Å². The van der Waals surface area contributed by atoms with Gasteiger partial charge in [0.2, 0.25) is 0 Å². The molecule has 3 aromatic carbocycles. The lowest BCUT2D eigenvalue weighted by Gasteiger charge is -2.10. The SMILES string of the molecule is O=C(Nc1ccc(Cl)cc1)c1ccccc1CCc1ccccc1. The summed E-state index contributed by atoms with van der Waals surface area (Å²) < 4.78 is 0. The second-order valence-corrected chi connectivity index (χ2v) is 6.04. The number of benzene rings is 3. The van der Waals surface area contributed by atoms with Crippen LogP contribution in [-0.2, 0) is 12.8 Å². The van der Waals surface area contributed by atoms with Gasteiger partial charge in [-0.25, -0.2) is 0 Å². The number of aryl methyl sites for hydroxylation is 2. The lowest BCUT2D eigenvalue weighted by Crippen LogP contribution is -2.14. The zero-order valence-corrected chi connectivity index (χ0v) is 14.0. The number of carbonyl (C=O) groups excluding carboxylic acids is 1. The third-order valence-corrected chi connectivity index (χ3v) is 4.14. The van der Waals surface area contributed by atoms with E-state index < -0.39 is 0 Å². The molecule has 0 bridgehead atoms. The molecule has 0 atom stereocenters. The van der Waals surface area contributed by atoms with E-state index in [9.17, 15) is 4.79 Å². The maximum atomic E-state index is 12.6. The van der Waals surface area contributed by atoms with Crippen LogP contribution in [0.2, 0.25) is 5.02 Å². The molecule has 0 aliphatic heterocycles. The number of anilines is 1. The lowest BCUT2D eigenvalue weighted by atomic mass is 9.99. The van der Waals surface area contributed by atoms with E-state index in [0.717, 1.165) is 24.1 Å². The molecule has 0 aliphatic carbocycles. The first-order chi connectivity index (χ1) is 11.7. The van der Waals surface area contributed by atoms with Gasteiger partial charge < -0.3 is 5.32 Å². The van der Waals surface area contributed by atoms with Crippen LogP contribution in [0.5, 0.6) is 0 Å². The molecule has 0 aliphatic rings. The molecule has 1 N–H and O–H groups in total. The molecule has 120 valence electrons. The van der Waals surface area contributed by atoms with Crippen molar-refractivity contribution in [2.45, 2.75) is 12.8 Å². The summed E-state index contributed by atoms with van der Waals surface area (Å²) in [7, 11) is 0. The molecule has 1 amide bonds. The van der Waals surface area contributed by atoms with Crippen LogP contribution in [0, 0.1) is 0 Å². The van der Waals surface area contributed by atoms with E-state index in [1.54, 1.807) is 24.3 Å². The van der Waals surface area contributed by atoms with Gasteiger partial charge in [0.25, 0.3) is 5.91 Å². The summed E-state index contributed by atoms with van der Waals surface area (Å²) in [6.07, 6.45) is 1.74. The maximum Gasteiger partial charge on any atom is 0.255 e. The fourth-order valence-electron chi connectivity index (χ4n) is 2.62.